The van der Waals surface area contributed by atoms with E-state index in [0.717, 1.165) is 6.26 Å². The highest BCUT2D eigenvalue weighted by molar-refractivity contribution is 7.90. The van der Waals surface area contributed by atoms with E-state index in [9.17, 15) is 22.7 Å². The van der Waals surface area contributed by atoms with Gasteiger partial charge < -0.3 is 5.11 Å². The van der Waals surface area contributed by atoms with Gasteiger partial charge in [0.1, 0.15) is 17.6 Å². The van der Waals surface area contributed by atoms with Crippen molar-refractivity contribution in [3.05, 3.63) is 60.0 Å². The number of aliphatic carboxylic acids is 1. The maximum absolute atomic E-state index is 14.2. The number of carbonyl (C=O) groups is 1. The molecular formula is C21H21FN2O4S. The summed E-state index contributed by atoms with van der Waals surface area (Å²) in [6.45, 7) is 3.40. The van der Waals surface area contributed by atoms with Crippen molar-refractivity contribution in [3.63, 3.8) is 0 Å². The molecule has 1 unspecified atom stereocenters. The number of hydrogen-bond donors (Lipinski definition) is 1. The Labute approximate surface area is 168 Å². The maximum Gasteiger partial charge on any atom is 0.328 e. The van der Waals surface area contributed by atoms with Crippen LogP contribution in [0.4, 0.5) is 4.39 Å². The lowest BCUT2D eigenvalue weighted by Crippen LogP contribution is -2.18. The Morgan fingerprint density at radius 1 is 1.17 bits per heavy atom. The van der Waals surface area contributed by atoms with Gasteiger partial charge in [-0.05, 0) is 42.7 Å². The second-order valence-corrected chi connectivity index (χ2v) is 8.91. The minimum atomic E-state index is -3.35. The van der Waals surface area contributed by atoms with Crippen LogP contribution in [0.15, 0.2) is 53.6 Å². The van der Waals surface area contributed by atoms with Gasteiger partial charge in [-0.25, -0.2) is 17.6 Å². The van der Waals surface area contributed by atoms with Gasteiger partial charge in [-0.1, -0.05) is 31.2 Å². The molecule has 0 spiro atoms. The lowest BCUT2D eigenvalue weighted by molar-refractivity contribution is -0.141. The van der Waals surface area contributed by atoms with Crippen LogP contribution in [0, 0.1) is 12.7 Å². The molecule has 0 aliphatic carbocycles. The molecule has 152 valence electrons. The highest BCUT2D eigenvalue weighted by atomic mass is 32.2. The molecule has 0 aliphatic heterocycles. The maximum atomic E-state index is 14.2. The predicted molar refractivity (Wildman–Crippen MR) is 108 cm³/mol. The smallest absolute Gasteiger partial charge is 0.328 e. The van der Waals surface area contributed by atoms with Crippen molar-refractivity contribution in [2.75, 3.05) is 6.26 Å². The first kappa shape index (κ1) is 20.7. The molecule has 1 heterocycles. The van der Waals surface area contributed by atoms with Gasteiger partial charge in [-0.15, -0.1) is 0 Å². The van der Waals surface area contributed by atoms with Crippen molar-refractivity contribution < 1.29 is 22.7 Å². The topological polar surface area (TPSA) is 89.3 Å². The first-order valence-corrected chi connectivity index (χ1v) is 10.9. The van der Waals surface area contributed by atoms with Crippen molar-refractivity contribution in [1.29, 1.82) is 0 Å². The average molecular weight is 416 g/mol. The fourth-order valence-electron chi connectivity index (χ4n) is 3.07. The average Bonchev–Trinajstić information content (AvgIpc) is 3.08. The summed E-state index contributed by atoms with van der Waals surface area (Å²) >= 11 is 0. The first-order valence-electron chi connectivity index (χ1n) is 9.00. The van der Waals surface area contributed by atoms with Gasteiger partial charge in [0.15, 0.2) is 9.84 Å². The van der Waals surface area contributed by atoms with E-state index in [1.54, 1.807) is 44.3 Å². The van der Waals surface area contributed by atoms with Crippen LogP contribution in [-0.2, 0) is 14.6 Å². The van der Waals surface area contributed by atoms with Gasteiger partial charge >= 0.3 is 5.97 Å². The van der Waals surface area contributed by atoms with Crippen molar-refractivity contribution in [1.82, 2.24) is 9.78 Å². The van der Waals surface area contributed by atoms with Crippen LogP contribution < -0.4 is 0 Å². The number of halogens is 1. The third-order valence-electron chi connectivity index (χ3n) is 4.76. The minimum absolute atomic E-state index is 0.167. The highest BCUT2D eigenvalue weighted by Crippen LogP contribution is 2.33. The van der Waals surface area contributed by atoms with Crippen molar-refractivity contribution >= 4 is 15.8 Å². The molecule has 0 aliphatic rings. The molecule has 0 bridgehead atoms. The molecule has 6 nitrogen and oxygen atoms in total. The summed E-state index contributed by atoms with van der Waals surface area (Å²) in [6, 6.07) is 10.1. The van der Waals surface area contributed by atoms with Crippen molar-refractivity contribution in [3.8, 4) is 22.4 Å². The molecule has 29 heavy (non-hydrogen) atoms. The van der Waals surface area contributed by atoms with Gasteiger partial charge in [-0.2, -0.15) is 5.10 Å². The molecule has 0 amide bonds. The lowest BCUT2D eigenvalue weighted by Gasteiger charge is -2.09. The second kappa shape index (κ2) is 7.79. The largest absolute Gasteiger partial charge is 0.480 e. The van der Waals surface area contributed by atoms with E-state index in [-0.39, 0.29) is 10.7 Å². The molecule has 3 aromatic rings. The van der Waals surface area contributed by atoms with Crippen LogP contribution in [0.5, 0.6) is 0 Å². The number of carboxylic acids is 1. The Morgan fingerprint density at radius 3 is 2.31 bits per heavy atom. The number of rotatable bonds is 6. The summed E-state index contributed by atoms with van der Waals surface area (Å²) in [4.78, 5) is 11.8. The molecule has 1 N–H and O–H groups in total. The van der Waals surface area contributed by atoms with E-state index in [0.29, 0.717) is 34.4 Å². The van der Waals surface area contributed by atoms with E-state index >= 15 is 0 Å². The van der Waals surface area contributed by atoms with E-state index in [1.807, 2.05) is 0 Å². The fraction of sp³-hybridized carbons (Fsp3) is 0.238. The summed E-state index contributed by atoms with van der Waals surface area (Å²) in [5.41, 5.74) is 2.68. The number of nitrogens with zero attached hydrogens (tertiary/aromatic N) is 2. The van der Waals surface area contributed by atoms with Crippen LogP contribution in [0.2, 0.25) is 0 Å². The number of aromatic nitrogens is 2. The third kappa shape index (κ3) is 4.22. The summed E-state index contributed by atoms with van der Waals surface area (Å²) in [5.74, 6) is -1.39. The Balaban J connectivity index is 2.19. The number of benzene rings is 2. The normalized spacial score (nSPS) is 12.7. The highest BCUT2D eigenvalue weighted by Gasteiger charge is 2.22. The molecule has 0 saturated carbocycles. The van der Waals surface area contributed by atoms with Crippen LogP contribution in [-0.4, -0.2) is 35.5 Å². The zero-order chi connectivity index (χ0) is 21.3. The Hall–Kier alpha value is -3.00. The van der Waals surface area contributed by atoms with Gasteiger partial charge in [0.2, 0.25) is 0 Å². The van der Waals surface area contributed by atoms with Crippen LogP contribution in [0.1, 0.15) is 24.9 Å². The fourth-order valence-corrected chi connectivity index (χ4v) is 3.70. The quantitative estimate of drug-likeness (QED) is 0.653. The molecule has 0 saturated heterocycles. The summed E-state index contributed by atoms with van der Waals surface area (Å²) in [6.07, 6.45) is 3.04. The lowest BCUT2D eigenvalue weighted by atomic mass is 10.0. The molecule has 1 atom stereocenters. The SMILES string of the molecule is CCC(C(=O)O)n1cc(-c2ccc(C)c(F)c2)c(-c2ccc(S(C)(=O)=O)cc2)n1. The first-order chi connectivity index (χ1) is 13.6. The van der Waals surface area contributed by atoms with Gasteiger partial charge in [0, 0.05) is 23.6 Å². The molecule has 0 fully saturated rings. The Bertz CT molecular complexity index is 1170. The van der Waals surface area contributed by atoms with Crippen molar-refractivity contribution in [2.24, 2.45) is 0 Å². The summed E-state index contributed by atoms with van der Waals surface area (Å²) in [5, 5.41) is 13.9. The summed E-state index contributed by atoms with van der Waals surface area (Å²) < 4.78 is 38.9. The van der Waals surface area contributed by atoms with Gasteiger partial charge in [-0.3, -0.25) is 4.68 Å². The van der Waals surface area contributed by atoms with Crippen LogP contribution >= 0.6 is 0 Å². The molecule has 3 rings (SSSR count). The van der Waals surface area contributed by atoms with E-state index < -0.39 is 21.8 Å². The zero-order valence-electron chi connectivity index (χ0n) is 16.3. The standard InChI is InChI=1S/C21H21FN2O4S/c1-4-19(21(25)26)24-12-17(15-6-5-13(2)18(22)11-15)20(23-24)14-7-9-16(10-8-14)29(3,27)28/h5-12,19H,4H2,1-3H3,(H,25,26). The predicted octanol–water partition coefficient (Wildman–Crippen LogP) is 4.10. The zero-order valence-corrected chi connectivity index (χ0v) is 17.1. The second-order valence-electron chi connectivity index (χ2n) is 6.89. The summed E-state index contributed by atoms with van der Waals surface area (Å²) in [7, 11) is -3.35. The molecular weight excluding hydrogens is 395 g/mol. The number of sulfone groups is 1. The van der Waals surface area contributed by atoms with Crippen molar-refractivity contribution in [2.45, 2.75) is 31.2 Å². The van der Waals surface area contributed by atoms with Crippen LogP contribution in [0.3, 0.4) is 0 Å². The number of aryl methyl sites for hydroxylation is 1. The number of carboxylic acid groups (broad SMARTS) is 1. The van der Waals surface area contributed by atoms with Crippen LogP contribution in [0.25, 0.3) is 22.4 Å². The Kier molecular flexibility index (Phi) is 5.57. The molecule has 1 aromatic heterocycles. The van der Waals surface area contributed by atoms with E-state index in [4.69, 9.17) is 0 Å². The number of hydrogen-bond acceptors (Lipinski definition) is 4. The monoisotopic (exact) mass is 416 g/mol. The van der Waals surface area contributed by atoms with Gasteiger partial charge in [0.05, 0.1) is 4.90 Å². The van der Waals surface area contributed by atoms with E-state index in [1.165, 1.54) is 22.9 Å². The Morgan fingerprint density at radius 2 is 1.79 bits per heavy atom. The molecule has 8 heteroatoms. The minimum Gasteiger partial charge on any atom is -0.480 e. The van der Waals surface area contributed by atoms with Gasteiger partial charge in [0.25, 0.3) is 0 Å². The molecule has 2 aromatic carbocycles. The molecule has 0 radical (unpaired) electrons. The van der Waals surface area contributed by atoms with E-state index in [2.05, 4.69) is 5.10 Å². The third-order valence-corrected chi connectivity index (χ3v) is 5.89.